The van der Waals surface area contributed by atoms with Gasteiger partial charge >= 0.3 is 12.1 Å². The minimum atomic E-state index is -4.80. The number of benzene rings is 1. The van der Waals surface area contributed by atoms with Crippen molar-refractivity contribution in [1.82, 2.24) is 0 Å². The molecule has 0 saturated heterocycles. The van der Waals surface area contributed by atoms with Crippen molar-refractivity contribution < 1.29 is 27.8 Å². The molecule has 0 unspecified atom stereocenters. The fraction of sp³-hybridized carbons (Fsp3) is 0.400. The standard InChI is InChI=1S/C15H14ClF3O3/c1-2-3-4-8-7-12-9(6-11(8)16)5-10(14(20)21)13(22-12)15(17,18)19/h5-7,13H,2-4H2,1H3,(H,20,21)/t13-/m1/s1. The van der Waals surface area contributed by atoms with Crippen molar-refractivity contribution in [3.05, 3.63) is 33.9 Å². The van der Waals surface area contributed by atoms with E-state index in [1.54, 1.807) is 0 Å². The van der Waals surface area contributed by atoms with Crippen LogP contribution in [0.25, 0.3) is 6.08 Å². The first kappa shape index (κ1) is 16.7. The number of hydrogen-bond donors (Lipinski definition) is 1. The van der Waals surface area contributed by atoms with Crippen molar-refractivity contribution in [3.63, 3.8) is 0 Å². The van der Waals surface area contributed by atoms with Crippen molar-refractivity contribution in [3.8, 4) is 5.75 Å². The molecule has 1 N–H and O–H groups in total. The summed E-state index contributed by atoms with van der Waals surface area (Å²) in [7, 11) is 0. The van der Waals surface area contributed by atoms with Gasteiger partial charge in [0.25, 0.3) is 0 Å². The Morgan fingerprint density at radius 1 is 1.41 bits per heavy atom. The highest BCUT2D eigenvalue weighted by Crippen LogP contribution is 2.39. The first-order valence-corrected chi connectivity index (χ1v) is 7.12. The third-order valence-corrected chi connectivity index (χ3v) is 3.71. The summed E-state index contributed by atoms with van der Waals surface area (Å²) in [5.41, 5.74) is 0.0795. The van der Waals surface area contributed by atoms with Crippen LogP contribution in [0.4, 0.5) is 13.2 Å². The monoisotopic (exact) mass is 334 g/mol. The molecule has 1 heterocycles. The fourth-order valence-corrected chi connectivity index (χ4v) is 2.50. The summed E-state index contributed by atoms with van der Waals surface area (Å²) in [5.74, 6) is -1.66. The Kier molecular flexibility index (Phi) is 4.70. The number of unbranched alkanes of at least 4 members (excludes halogenated alkanes) is 1. The summed E-state index contributed by atoms with van der Waals surface area (Å²) < 4.78 is 43.8. The highest BCUT2D eigenvalue weighted by Gasteiger charge is 2.48. The highest BCUT2D eigenvalue weighted by molar-refractivity contribution is 6.31. The lowest BCUT2D eigenvalue weighted by molar-refractivity contribution is -0.187. The van der Waals surface area contributed by atoms with Crippen LogP contribution in [0.2, 0.25) is 5.02 Å². The summed E-state index contributed by atoms with van der Waals surface area (Å²) in [6, 6.07) is 2.90. The summed E-state index contributed by atoms with van der Waals surface area (Å²) in [5, 5.41) is 9.35. The molecule has 0 fully saturated rings. The van der Waals surface area contributed by atoms with Crippen LogP contribution in [-0.4, -0.2) is 23.4 Å². The van der Waals surface area contributed by atoms with Crippen LogP contribution in [0.3, 0.4) is 0 Å². The van der Waals surface area contributed by atoms with Crippen molar-refractivity contribution >= 4 is 23.6 Å². The lowest BCUT2D eigenvalue weighted by Crippen LogP contribution is -2.40. The van der Waals surface area contributed by atoms with Crippen LogP contribution in [-0.2, 0) is 11.2 Å². The Balaban J connectivity index is 2.46. The average molecular weight is 335 g/mol. The molecule has 7 heteroatoms. The second-order valence-electron chi connectivity index (χ2n) is 5.03. The van der Waals surface area contributed by atoms with Gasteiger partial charge in [-0.25, -0.2) is 4.79 Å². The summed E-state index contributed by atoms with van der Waals surface area (Å²) in [6.07, 6.45) is -3.92. The van der Waals surface area contributed by atoms with Crippen LogP contribution in [0, 0.1) is 0 Å². The number of alkyl halides is 3. The lowest BCUT2D eigenvalue weighted by atomic mass is 9.98. The van der Waals surface area contributed by atoms with Crippen molar-refractivity contribution in [2.24, 2.45) is 0 Å². The van der Waals surface area contributed by atoms with Gasteiger partial charge in [0.2, 0.25) is 6.10 Å². The number of halogens is 4. The van der Waals surface area contributed by atoms with Crippen LogP contribution in [0.1, 0.15) is 30.9 Å². The summed E-state index contributed by atoms with van der Waals surface area (Å²) >= 11 is 6.10. The molecule has 1 aromatic rings. The molecular weight excluding hydrogens is 321 g/mol. The molecule has 120 valence electrons. The fourth-order valence-electron chi connectivity index (χ4n) is 2.24. The van der Waals surface area contributed by atoms with E-state index >= 15 is 0 Å². The molecular formula is C15H14ClF3O3. The Bertz CT molecular complexity index is 623. The number of ether oxygens (including phenoxy) is 1. The van der Waals surface area contributed by atoms with E-state index in [2.05, 4.69) is 0 Å². The quantitative estimate of drug-likeness (QED) is 0.883. The van der Waals surface area contributed by atoms with Crippen LogP contribution in [0.5, 0.6) is 5.75 Å². The van der Waals surface area contributed by atoms with Gasteiger partial charge in [0.1, 0.15) is 5.75 Å². The van der Waals surface area contributed by atoms with Crippen LogP contribution in [0.15, 0.2) is 17.7 Å². The van der Waals surface area contributed by atoms with E-state index in [0.717, 1.165) is 18.9 Å². The molecule has 0 saturated carbocycles. The maximum absolute atomic E-state index is 13.0. The molecule has 2 rings (SSSR count). The first-order chi connectivity index (χ1) is 10.2. The lowest BCUT2D eigenvalue weighted by Gasteiger charge is -2.27. The van der Waals surface area contributed by atoms with Gasteiger partial charge in [-0.15, -0.1) is 0 Å². The van der Waals surface area contributed by atoms with Gasteiger partial charge < -0.3 is 9.84 Å². The zero-order valence-corrected chi connectivity index (χ0v) is 12.5. The minimum Gasteiger partial charge on any atom is -0.478 e. The number of aliphatic carboxylic acids is 1. The van der Waals surface area contributed by atoms with Crippen LogP contribution >= 0.6 is 11.6 Å². The SMILES string of the molecule is CCCCc1cc2c(cc1Cl)C=C(C(=O)O)[C@H](C(F)(F)F)O2. The molecule has 1 aliphatic rings. The predicted octanol–water partition coefficient (Wildman–Crippen LogP) is 4.47. The third-order valence-electron chi connectivity index (χ3n) is 3.36. The van der Waals surface area contributed by atoms with E-state index in [4.69, 9.17) is 21.4 Å². The van der Waals surface area contributed by atoms with Gasteiger partial charge in [-0.2, -0.15) is 13.2 Å². The molecule has 0 aromatic heterocycles. The first-order valence-electron chi connectivity index (χ1n) is 6.74. The molecule has 0 spiro atoms. The smallest absolute Gasteiger partial charge is 0.430 e. The van der Waals surface area contributed by atoms with E-state index in [1.165, 1.54) is 12.1 Å². The summed E-state index contributed by atoms with van der Waals surface area (Å²) in [4.78, 5) is 11.0. The number of carbonyl (C=O) groups is 1. The Hall–Kier alpha value is -1.69. The molecule has 0 amide bonds. The number of aryl methyl sites for hydroxylation is 1. The van der Waals surface area contributed by atoms with E-state index in [-0.39, 0.29) is 11.3 Å². The number of hydrogen-bond acceptors (Lipinski definition) is 2. The molecule has 22 heavy (non-hydrogen) atoms. The Labute approximate surface area is 130 Å². The molecule has 3 nitrogen and oxygen atoms in total. The maximum atomic E-state index is 13.0. The average Bonchev–Trinajstić information content (AvgIpc) is 2.42. The van der Waals surface area contributed by atoms with E-state index in [0.29, 0.717) is 17.0 Å². The van der Waals surface area contributed by atoms with E-state index < -0.39 is 23.8 Å². The molecule has 0 aliphatic carbocycles. The van der Waals surface area contributed by atoms with Crippen molar-refractivity contribution in [1.29, 1.82) is 0 Å². The van der Waals surface area contributed by atoms with Gasteiger partial charge in [0.15, 0.2) is 0 Å². The molecule has 1 aliphatic heterocycles. The van der Waals surface area contributed by atoms with E-state index in [9.17, 15) is 18.0 Å². The van der Waals surface area contributed by atoms with Crippen LogP contribution < -0.4 is 4.74 Å². The minimum absolute atomic E-state index is 0.00262. The predicted molar refractivity (Wildman–Crippen MR) is 76.1 cm³/mol. The van der Waals surface area contributed by atoms with Crippen molar-refractivity contribution in [2.75, 3.05) is 0 Å². The highest BCUT2D eigenvalue weighted by atomic mass is 35.5. The number of carboxylic acid groups (broad SMARTS) is 1. The Morgan fingerprint density at radius 3 is 2.64 bits per heavy atom. The molecule has 0 radical (unpaired) electrons. The number of carboxylic acids is 1. The van der Waals surface area contributed by atoms with Gasteiger partial charge in [-0.3, -0.25) is 0 Å². The van der Waals surface area contributed by atoms with Gasteiger partial charge in [-0.1, -0.05) is 24.9 Å². The zero-order chi connectivity index (χ0) is 16.5. The topological polar surface area (TPSA) is 46.5 Å². The largest absolute Gasteiger partial charge is 0.478 e. The second kappa shape index (κ2) is 6.20. The van der Waals surface area contributed by atoms with Crippen molar-refractivity contribution in [2.45, 2.75) is 38.5 Å². The molecule has 0 bridgehead atoms. The van der Waals surface area contributed by atoms with E-state index in [1.807, 2.05) is 6.92 Å². The second-order valence-corrected chi connectivity index (χ2v) is 5.44. The summed E-state index contributed by atoms with van der Waals surface area (Å²) in [6.45, 7) is 1.99. The molecule has 1 atom stereocenters. The number of fused-ring (bicyclic) bond motifs is 1. The number of rotatable bonds is 4. The van der Waals surface area contributed by atoms with Gasteiger partial charge in [0, 0.05) is 10.6 Å². The normalized spacial score (nSPS) is 17.5. The Morgan fingerprint density at radius 2 is 2.09 bits per heavy atom. The zero-order valence-electron chi connectivity index (χ0n) is 11.7. The maximum Gasteiger partial charge on any atom is 0.430 e. The van der Waals surface area contributed by atoms with Gasteiger partial charge in [0.05, 0.1) is 5.57 Å². The third kappa shape index (κ3) is 3.38. The van der Waals surface area contributed by atoms with Gasteiger partial charge in [-0.05, 0) is 36.6 Å². The molecule has 1 aromatic carbocycles.